The van der Waals surface area contributed by atoms with Crippen molar-refractivity contribution < 1.29 is 14.4 Å². The molecule has 2 aromatic rings. The number of hydrogen-bond acceptors (Lipinski definition) is 4. The zero-order valence-corrected chi connectivity index (χ0v) is 16.9. The Morgan fingerprint density at radius 1 is 1.03 bits per heavy atom. The van der Waals surface area contributed by atoms with E-state index < -0.39 is 11.8 Å². The van der Waals surface area contributed by atoms with Crippen molar-refractivity contribution in [2.24, 2.45) is 28.9 Å². The number of primary amides is 1. The van der Waals surface area contributed by atoms with E-state index in [2.05, 4.69) is 15.6 Å². The third-order valence-corrected chi connectivity index (χ3v) is 7.17. The Morgan fingerprint density at radius 2 is 1.70 bits per heavy atom. The Labute approximate surface area is 174 Å². The van der Waals surface area contributed by atoms with Crippen molar-refractivity contribution in [2.75, 3.05) is 13.1 Å². The highest BCUT2D eigenvalue weighted by atomic mass is 16.2. The largest absolute Gasteiger partial charge is 0.368 e. The van der Waals surface area contributed by atoms with Crippen LogP contribution in [0.1, 0.15) is 59.5 Å². The molecule has 0 radical (unpaired) electrons. The number of pyridine rings is 1. The first-order valence-electron chi connectivity index (χ1n) is 10.7. The molecular weight excluding hydrogens is 382 g/mol. The second-order valence-corrected chi connectivity index (χ2v) is 9.51. The number of amides is 3. The summed E-state index contributed by atoms with van der Waals surface area (Å²) in [5.41, 5.74) is 6.40. The van der Waals surface area contributed by atoms with Crippen LogP contribution in [-0.2, 0) is 4.79 Å². The fourth-order valence-corrected chi connectivity index (χ4v) is 6.43. The zero-order chi connectivity index (χ0) is 20.9. The molecule has 0 saturated heterocycles. The minimum Gasteiger partial charge on any atom is -0.368 e. The predicted octanol–water partition coefficient (Wildman–Crippen LogP) is 1.50. The summed E-state index contributed by atoms with van der Waals surface area (Å²) in [5, 5.41) is 5.60. The van der Waals surface area contributed by atoms with Crippen molar-refractivity contribution in [3.8, 4) is 0 Å². The van der Waals surface area contributed by atoms with Crippen LogP contribution in [0.4, 0.5) is 0 Å². The lowest BCUT2D eigenvalue weighted by Crippen LogP contribution is -2.51. The lowest BCUT2D eigenvalue weighted by Gasteiger charge is -2.56. The summed E-state index contributed by atoms with van der Waals surface area (Å²) in [6, 6.07) is 5.22. The molecule has 4 N–H and O–H groups in total. The van der Waals surface area contributed by atoms with E-state index in [1.807, 2.05) is 0 Å². The van der Waals surface area contributed by atoms with Gasteiger partial charge in [0.15, 0.2) is 0 Å². The van der Waals surface area contributed by atoms with Crippen LogP contribution in [0.5, 0.6) is 0 Å². The number of nitrogens with two attached hydrogens (primary N) is 1. The molecule has 0 aliphatic heterocycles. The van der Waals surface area contributed by atoms with Crippen LogP contribution in [0.3, 0.4) is 0 Å². The number of nitrogens with one attached hydrogen (secondary N) is 2. The molecule has 158 valence electrons. The van der Waals surface area contributed by atoms with Crippen LogP contribution < -0.4 is 16.4 Å². The monoisotopic (exact) mass is 409 g/mol. The molecule has 4 saturated carbocycles. The second-order valence-electron chi connectivity index (χ2n) is 9.51. The molecule has 0 spiro atoms. The number of rotatable bonds is 6. The quantitative estimate of drug-likeness (QED) is 0.670. The number of imidazole rings is 1. The van der Waals surface area contributed by atoms with Gasteiger partial charge < -0.3 is 16.4 Å². The van der Waals surface area contributed by atoms with Crippen LogP contribution in [-0.4, -0.2) is 40.2 Å². The van der Waals surface area contributed by atoms with Crippen LogP contribution in [0.25, 0.3) is 5.65 Å². The molecule has 4 aliphatic carbocycles. The van der Waals surface area contributed by atoms with E-state index in [1.165, 1.54) is 44.7 Å². The van der Waals surface area contributed by atoms with Crippen molar-refractivity contribution in [1.82, 2.24) is 20.0 Å². The van der Waals surface area contributed by atoms with Gasteiger partial charge in [-0.2, -0.15) is 0 Å². The average molecular weight is 409 g/mol. The van der Waals surface area contributed by atoms with Gasteiger partial charge in [0.25, 0.3) is 11.8 Å². The van der Waals surface area contributed by atoms with Crippen LogP contribution in [0, 0.1) is 23.2 Å². The summed E-state index contributed by atoms with van der Waals surface area (Å²) in [6.45, 7) is 0.456. The molecule has 30 heavy (non-hydrogen) atoms. The molecular formula is C22H27N5O3. The van der Waals surface area contributed by atoms with Gasteiger partial charge in [0.2, 0.25) is 5.91 Å². The van der Waals surface area contributed by atoms with Gasteiger partial charge in [-0.25, -0.2) is 4.98 Å². The Balaban J connectivity index is 1.31. The molecule has 3 amide bonds. The van der Waals surface area contributed by atoms with Crippen LogP contribution in [0.15, 0.2) is 24.4 Å². The van der Waals surface area contributed by atoms with Gasteiger partial charge in [-0.15, -0.1) is 0 Å². The highest BCUT2D eigenvalue weighted by molar-refractivity contribution is 5.96. The van der Waals surface area contributed by atoms with Crippen LogP contribution in [0.2, 0.25) is 0 Å². The minimum absolute atomic E-state index is 0.137. The molecule has 2 aromatic heterocycles. The van der Waals surface area contributed by atoms with Gasteiger partial charge in [-0.05, 0) is 73.8 Å². The summed E-state index contributed by atoms with van der Waals surface area (Å²) in [4.78, 5) is 40.4. The third-order valence-electron chi connectivity index (χ3n) is 7.17. The molecule has 8 heteroatoms. The second kappa shape index (κ2) is 7.11. The van der Waals surface area contributed by atoms with Gasteiger partial charge in [-0.3, -0.25) is 18.8 Å². The first-order valence-corrected chi connectivity index (χ1v) is 10.7. The SMILES string of the molecule is NC(=O)CNC(=O)c1cn2c(C(=O)NCC34CC5CC(CC(C5)C3)C4)cccc2n1. The number of carbonyl (C=O) groups is 3. The maximum atomic E-state index is 13.0. The molecule has 8 nitrogen and oxygen atoms in total. The van der Waals surface area contributed by atoms with E-state index in [0.29, 0.717) is 17.9 Å². The van der Waals surface area contributed by atoms with E-state index in [-0.39, 0.29) is 23.6 Å². The highest BCUT2D eigenvalue weighted by Crippen LogP contribution is 2.59. The highest BCUT2D eigenvalue weighted by Gasteiger charge is 2.50. The van der Waals surface area contributed by atoms with Crippen LogP contribution >= 0.6 is 0 Å². The minimum atomic E-state index is -0.628. The van der Waals surface area contributed by atoms with Crippen molar-refractivity contribution in [1.29, 1.82) is 0 Å². The fourth-order valence-electron chi connectivity index (χ4n) is 6.43. The van der Waals surface area contributed by atoms with Gasteiger partial charge in [0.1, 0.15) is 17.0 Å². The van der Waals surface area contributed by atoms with Crippen molar-refractivity contribution >= 4 is 23.4 Å². The summed E-state index contributed by atoms with van der Waals surface area (Å²) in [7, 11) is 0. The van der Waals surface area contributed by atoms with E-state index in [9.17, 15) is 14.4 Å². The summed E-state index contributed by atoms with van der Waals surface area (Å²) < 4.78 is 1.62. The van der Waals surface area contributed by atoms with Gasteiger partial charge in [0.05, 0.1) is 6.54 Å². The molecule has 4 aliphatic rings. The number of carbonyl (C=O) groups excluding carboxylic acids is 3. The topological polar surface area (TPSA) is 119 Å². The molecule has 0 atom stereocenters. The standard InChI is InChI=1S/C22H27N5O3/c23-18(28)10-24-20(29)16-11-27-17(2-1-3-19(27)26-16)21(30)25-12-22-7-13-4-14(8-22)6-15(5-13)9-22/h1-3,11,13-15H,4-10,12H2,(H2,23,28)(H,24,29)(H,25,30). The lowest BCUT2D eigenvalue weighted by atomic mass is 9.49. The number of fused-ring (bicyclic) bond motifs is 1. The summed E-state index contributed by atoms with van der Waals surface area (Å²) in [6.07, 6.45) is 9.36. The zero-order valence-electron chi connectivity index (χ0n) is 16.9. The molecule has 4 fully saturated rings. The van der Waals surface area contributed by atoms with Gasteiger partial charge in [0, 0.05) is 12.7 Å². The van der Waals surface area contributed by atoms with E-state index >= 15 is 0 Å². The Bertz CT molecular complexity index is 992. The van der Waals surface area contributed by atoms with E-state index in [1.54, 1.807) is 22.6 Å². The molecule has 6 rings (SSSR count). The van der Waals surface area contributed by atoms with Crippen molar-refractivity contribution in [3.63, 3.8) is 0 Å². The first kappa shape index (κ1) is 19.1. The summed E-state index contributed by atoms with van der Waals surface area (Å²) in [5.74, 6) is 1.23. The molecule has 0 unspecified atom stereocenters. The van der Waals surface area contributed by atoms with E-state index in [4.69, 9.17) is 5.73 Å². The lowest BCUT2D eigenvalue weighted by molar-refractivity contribution is -0.117. The maximum absolute atomic E-state index is 13.0. The Kier molecular flexibility index (Phi) is 4.52. The number of hydrogen-bond donors (Lipinski definition) is 3. The third kappa shape index (κ3) is 3.44. The number of nitrogens with zero attached hydrogens (tertiary/aromatic N) is 2. The molecule has 2 heterocycles. The maximum Gasteiger partial charge on any atom is 0.271 e. The van der Waals surface area contributed by atoms with E-state index in [0.717, 1.165) is 17.8 Å². The smallest absolute Gasteiger partial charge is 0.271 e. The molecule has 0 aromatic carbocycles. The van der Waals surface area contributed by atoms with Gasteiger partial charge >= 0.3 is 0 Å². The fraction of sp³-hybridized carbons (Fsp3) is 0.545. The molecule has 4 bridgehead atoms. The van der Waals surface area contributed by atoms with Gasteiger partial charge in [-0.1, -0.05) is 6.07 Å². The Morgan fingerprint density at radius 3 is 2.33 bits per heavy atom. The normalized spacial score (nSPS) is 29.1. The average Bonchev–Trinajstić information content (AvgIpc) is 3.13. The summed E-state index contributed by atoms with van der Waals surface area (Å²) >= 11 is 0. The first-order chi connectivity index (χ1) is 14.4. The van der Waals surface area contributed by atoms with Crippen molar-refractivity contribution in [3.05, 3.63) is 35.8 Å². The van der Waals surface area contributed by atoms with Crippen molar-refractivity contribution in [2.45, 2.75) is 38.5 Å². The Hall–Kier alpha value is -2.90. The number of aromatic nitrogens is 2. The predicted molar refractivity (Wildman–Crippen MR) is 110 cm³/mol.